The third-order valence-electron chi connectivity index (χ3n) is 4.09. The lowest BCUT2D eigenvalue weighted by Gasteiger charge is -2.53. The highest BCUT2D eigenvalue weighted by Crippen LogP contribution is 2.45. The van der Waals surface area contributed by atoms with E-state index in [9.17, 15) is 0 Å². The van der Waals surface area contributed by atoms with Gasteiger partial charge in [0, 0.05) is 18.5 Å². The first-order chi connectivity index (χ1) is 8.33. The molecule has 2 heterocycles. The summed E-state index contributed by atoms with van der Waals surface area (Å²) in [6, 6.07) is 3.94. The van der Waals surface area contributed by atoms with Crippen molar-refractivity contribution in [3.05, 3.63) is 17.8 Å². The van der Waals surface area contributed by atoms with Crippen LogP contribution in [-0.4, -0.2) is 23.3 Å². The molecule has 1 aliphatic carbocycles. The number of hydrogen-bond donors (Lipinski definition) is 0. The van der Waals surface area contributed by atoms with Crippen molar-refractivity contribution in [1.82, 2.24) is 10.2 Å². The monoisotopic (exact) mass is 228 g/mol. The minimum absolute atomic E-state index is 0.516. The smallest absolute Gasteiger partial charge is 0.169 e. The zero-order valence-corrected chi connectivity index (χ0v) is 9.89. The zero-order chi connectivity index (χ0) is 11.7. The molecule has 1 saturated heterocycles. The van der Waals surface area contributed by atoms with Crippen molar-refractivity contribution in [2.75, 3.05) is 18.0 Å². The maximum Gasteiger partial charge on any atom is 0.169 e. The summed E-state index contributed by atoms with van der Waals surface area (Å²) in [6.45, 7) is 2.11. The molecule has 0 amide bonds. The van der Waals surface area contributed by atoms with Gasteiger partial charge in [-0.3, -0.25) is 0 Å². The van der Waals surface area contributed by atoms with Gasteiger partial charge in [0.2, 0.25) is 0 Å². The van der Waals surface area contributed by atoms with Crippen LogP contribution in [0.5, 0.6) is 0 Å². The van der Waals surface area contributed by atoms with Gasteiger partial charge in [-0.05, 0) is 18.9 Å². The lowest BCUT2D eigenvalue weighted by Crippen LogP contribution is -2.57. The topological polar surface area (TPSA) is 52.8 Å². The van der Waals surface area contributed by atoms with E-state index in [1.165, 1.54) is 32.1 Å². The van der Waals surface area contributed by atoms with E-state index in [-0.39, 0.29) is 0 Å². The van der Waals surface area contributed by atoms with Gasteiger partial charge in [-0.2, -0.15) is 10.4 Å². The molecule has 1 spiro atoms. The molecule has 2 fully saturated rings. The van der Waals surface area contributed by atoms with E-state index < -0.39 is 0 Å². The van der Waals surface area contributed by atoms with Crippen LogP contribution in [-0.2, 0) is 0 Å². The number of nitriles is 1. The molecule has 3 rings (SSSR count). The fourth-order valence-corrected chi connectivity index (χ4v) is 3.18. The maximum absolute atomic E-state index is 9.04. The average molecular weight is 228 g/mol. The van der Waals surface area contributed by atoms with E-state index in [1.807, 2.05) is 0 Å². The first-order valence-corrected chi connectivity index (χ1v) is 6.30. The van der Waals surface area contributed by atoms with Crippen molar-refractivity contribution in [1.29, 1.82) is 5.26 Å². The molecule has 17 heavy (non-hydrogen) atoms. The van der Waals surface area contributed by atoms with Gasteiger partial charge in [-0.15, -0.1) is 5.10 Å². The molecule has 0 aromatic carbocycles. The second-order valence-corrected chi connectivity index (χ2v) is 5.30. The van der Waals surface area contributed by atoms with Crippen molar-refractivity contribution >= 4 is 5.82 Å². The Hall–Kier alpha value is -1.63. The van der Waals surface area contributed by atoms with E-state index in [2.05, 4.69) is 21.2 Å². The fraction of sp³-hybridized carbons (Fsp3) is 0.615. The van der Waals surface area contributed by atoms with Gasteiger partial charge < -0.3 is 4.90 Å². The van der Waals surface area contributed by atoms with Gasteiger partial charge in [0.1, 0.15) is 6.07 Å². The Morgan fingerprint density at radius 1 is 1.24 bits per heavy atom. The predicted molar refractivity (Wildman–Crippen MR) is 64.5 cm³/mol. The van der Waals surface area contributed by atoms with Gasteiger partial charge in [0.25, 0.3) is 0 Å². The van der Waals surface area contributed by atoms with Crippen molar-refractivity contribution in [3.8, 4) is 6.07 Å². The molecule has 0 bridgehead atoms. The zero-order valence-electron chi connectivity index (χ0n) is 9.89. The predicted octanol–water partition coefficient (Wildman–Crippen LogP) is 2.12. The number of anilines is 1. The highest BCUT2D eigenvalue weighted by atomic mass is 15.3. The van der Waals surface area contributed by atoms with Crippen LogP contribution >= 0.6 is 0 Å². The van der Waals surface area contributed by atoms with E-state index >= 15 is 0 Å². The Balaban J connectivity index is 1.74. The van der Waals surface area contributed by atoms with Crippen LogP contribution < -0.4 is 4.90 Å². The van der Waals surface area contributed by atoms with E-state index in [0.29, 0.717) is 11.0 Å². The van der Waals surface area contributed by atoms with Crippen LogP contribution in [0.1, 0.15) is 37.7 Å². The Bertz CT molecular complexity index is 449. The minimum Gasteiger partial charge on any atom is -0.353 e. The third-order valence-corrected chi connectivity index (χ3v) is 4.09. The fourth-order valence-electron chi connectivity index (χ4n) is 3.18. The van der Waals surface area contributed by atoms with Crippen LogP contribution in [0.15, 0.2) is 12.3 Å². The molecule has 88 valence electrons. The number of hydrogen-bond acceptors (Lipinski definition) is 4. The van der Waals surface area contributed by atoms with Crippen LogP contribution in [0.3, 0.4) is 0 Å². The van der Waals surface area contributed by atoms with E-state index in [1.54, 1.807) is 12.3 Å². The summed E-state index contributed by atoms with van der Waals surface area (Å²) in [6.07, 6.45) is 8.37. The molecular weight excluding hydrogens is 212 g/mol. The molecule has 0 N–H and O–H groups in total. The third kappa shape index (κ3) is 1.76. The van der Waals surface area contributed by atoms with Gasteiger partial charge in [0.15, 0.2) is 5.82 Å². The second-order valence-electron chi connectivity index (χ2n) is 5.30. The summed E-state index contributed by atoms with van der Waals surface area (Å²) >= 11 is 0. The second kappa shape index (κ2) is 3.99. The SMILES string of the molecule is N#Cc1ccnnc1N1CC2(CCCCC2)C1. The molecule has 0 unspecified atom stereocenters. The van der Waals surface area contributed by atoms with Crippen LogP contribution in [0.2, 0.25) is 0 Å². The first-order valence-electron chi connectivity index (χ1n) is 6.30. The number of rotatable bonds is 1. The molecular formula is C13H16N4. The standard InChI is InChI=1S/C13H16N4/c14-8-11-4-7-15-16-12(11)17-9-13(10-17)5-2-1-3-6-13/h4,7H,1-3,5-6,9-10H2. The van der Waals surface area contributed by atoms with Gasteiger partial charge in [-0.1, -0.05) is 19.3 Å². The van der Waals surface area contributed by atoms with E-state index in [4.69, 9.17) is 5.26 Å². The Kier molecular flexibility index (Phi) is 2.47. The normalized spacial score (nSPS) is 21.9. The molecule has 1 aliphatic heterocycles. The van der Waals surface area contributed by atoms with Gasteiger partial charge >= 0.3 is 0 Å². The summed E-state index contributed by atoms with van der Waals surface area (Å²) in [5.74, 6) is 0.770. The van der Waals surface area contributed by atoms with Crippen LogP contribution in [0.25, 0.3) is 0 Å². The Labute approximate surface area is 101 Å². The largest absolute Gasteiger partial charge is 0.353 e. The molecule has 4 nitrogen and oxygen atoms in total. The van der Waals surface area contributed by atoms with Crippen molar-refractivity contribution in [2.24, 2.45) is 5.41 Å². The van der Waals surface area contributed by atoms with Crippen molar-refractivity contribution < 1.29 is 0 Å². The quantitative estimate of drug-likeness (QED) is 0.738. The summed E-state index contributed by atoms with van der Waals surface area (Å²) in [5, 5.41) is 17.0. The molecule has 0 radical (unpaired) electrons. The number of nitrogens with zero attached hydrogens (tertiary/aromatic N) is 4. The Morgan fingerprint density at radius 2 is 2.00 bits per heavy atom. The van der Waals surface area contributed by atoms with Crippen LogP contribution in [0, 0.1) is 16.7 Å². The minimum atomic E-state index is 0.516. The lowest BCUT2D eigenvalue weighted by atomic mass is 9.68. The molecule has 2 aliphatic rings. The molecule has 1 aromatic heterocycles. The number of aromatic nitrogens is 2. The molecule has 0 atom stereocenters. The summed E-state index contributed by atoms with van der Waals surface area (Å²) in [7, 11) is 0. The summed E-state index contributed by atoms with van der Waals surface area (Å²) in [4.78, 5) is 2.21. The van der Waals surface area contributed by atoms with Crippen molar-refractivity contribution in [3.63, 3.8) is 0 Å². The molecule has 1 aromatic rings. The van der Waals surface area contributed by atoms with E-state index in [0.717, 1.165) is 18.9 Å². The van der Waals surface area contributed by atoms with Crippen molar-refractivity contribution in [2.45, 2.75) is 32.1 Å². The summed E-state index contributed by atoms with van der Waals surface area (Å²) in [5.41, 5.74) is 1.16. The molecule has 4 heteroatoms. The van der Waals surface area contributed by atoms with Gasteiger partial charge in [-0.25, -0.2) is 0 Å². The molecule has 1 saturated carbocycles. The lowest BCUT2D eigenvalue weighted by molar-refractivity contribution is 0.138. The first kappa shape index (κ1) is 10.5. The highest BCUT2D eigenvalue weighted by Gasteiger charge is 2.44. The Morgan fingerprint density at radius 3 is 2.71 bits per heavy atom. The highest BCUT2D eigenvalue weighted by molar-refractivity contribution is 5.54. The maximum atomic E-state index is 9.04. The summed E-state index contributed by atoms with van der Waals surface area (Å²) < 4.78 is 0. The average Bonchev–Trinajstić information content (AvgIpc) is 2.37. The van der Waals surface area contributed by atoms with Gasteiger partial charge in [0.05, 0.1) is 11.8 Å². The van der Waals surface area contributed by atoms with Crippen LogP contribution in [0.4, 0.5) is 5.82 Å².